The number of unbranched alkanes of at least 4 members (excludes halogenated alkanes) is 1. The van der Waals surface area contributed by atoms with Gasteiger partial charge in [-0.05, 0) is 101 Å². The Balaban J connectivity index is 0.845. The molecule has 2 aliphatic rings. The van der Waals surface area contributed by atoms with Gasteiger partial charge in [0.15, 0.2) is 0 Å². The molecule has 480 valence electrons. The van der Waals surface area contributed by atoms with Crippen molar-refractivity contribution in [1.29, 1.82) is 0 Å². The predicted octanol–water partition coefficient (Wildman–Crippen LogP) is 2.73. The topological polar surface area (TPSA) is 320 Å². The van der Waals surface area contributed by atoms with Crippen LogP contribution >= 0.6 is 0 Å². The molecule has 2 aromatic rings. The largest absolute Gasteiger partial charge is 0.460 e. The van der Waals surface area contributed by atoms with Crippen LogP contribution in [0.5, 0.6) is 0 Å². The van der Waals surface area contributed by atoms with Gasteiger partial charge in [0.1, 0.15) is 31.6 Å². The maximum absolute atomic E-state index is 13.1. The first-order chi connectivity index (χ1) is 40.8. The maximum Gasteiger partial charge on any atom is 0.311 e. The lowest BCUT2D eigenvalue weighted by atomic mass is 9.79. The second-order valence-electron chi connectivity index (χ2n) is 23.0. The number of imide groups is 1. The molecule has 4 rings (SSSR count). The zero-order valence-corrected chi connectivity index (χ0v) is 51.1. The van der Waals surface area contributed by atoms with E-state index in [-0.39, 0.29) is 86.2 Å². The van der Waals surface area contributed by atoms with E-state index in [4.69, 9.17) is 53.1 Å². The Morgan fingerprint density at radius 2 is 1.21 bits per heavy atom. The lowest BCUT2D eigenvalue weighted by Crippen LogP contribution is -2.45. The van der Waals surface area contributed by atoms with Crippen LogP contribution in [0.3, 0.4) is 0 Å². The van der Waals surface area contributed by atoms with Crippen molar-refractivity contribution in [2.24, 2.45) is 34.3 Å². The fourth-order valence-corrected chi connectivity index (χ4v) is 8.89. The fraction of sp³-hybridized carbons (Fsp3) is 0.746. The number of nitrogens with two attached hydrogens (primary N) is 1. The van der Waals surface area contributed by atoms with Crippen molar-refractivity contribution >= 4 is 47.1 Å². The molecule has 0 bridgehead atoms. The molecular weight excluding hydrogens is 1110 g/mol. The summed E-state index contributed by atoms with van der Waals surface area (Å²) in [4.78, 5) is 89.9. The standard InChI is InChI=1S/C59H97N9O17/c1-58(2,3)49-37-53(71)68(56(49)74)39-44-10-14-46(15-11-44)54(72)62-38-48-40-67(66-65-48)20-22-77-24-26-79-28-30-81-32-34-83-36-35-82-33-31-80-29-27-78-25-23-76-21-19-61-51(69)42-84-43-52(70)64-50(9-7-8-18-60)55(73)63-47-16-12-45(13-17-47)41-85-57(75)59(4,5)6/h12-13,16-17,40,44,46,49-50H,7-11,14-15,18-39,41-43,60H2,1-6H3,(H,61,69)(H,62,72)(H,63,73)(H,64,70)/t44?,46?,49?,50-/m0/s1. The van der Waals surface area contributed by atoms with Crippen LogP contribution in [0.15, 0.2) is 30.5 Å². The summed E-state index contributed by atoms with van der Waals surface area (Å²) < 4.78 is 56.6. The SMILES string of the molecule is CC(C)(C)C(=O)OCc1ccc(NC(=O)[C@H](CCCCN)NC(=O)COCC(=O)NCCOCCOCCOCCOCCOCCOCCOCCOCCn2cc(CNC(=O)C3CCC(CN4C(=O)CC(C(C)(C)C)C4=O)CC3)nn2)cc1. The van der Waals surface area contributed by atoms with E-state index < -0.39 is 35.8 Å². The van der Waals surface area contributed by atoms with Crippen molar-refractivity contribution in [2.45, 2.75) is 119 Å². The van der Waals surface area contributed by atoms with E-state index in [2.05, 4.69) is 31.6 Å². The lowest BCUT2D eigenvalue weighted by Gasteiger charge is -2.31. The van der Waals surface area contributed by atoms with Gasteiger partial charge in [0, 0.05) is 31.1 Å². The molecule has 6 N–H and O–H groups in total. The van der Waals surface area contributed by atoms with Crippen LogP contribution < -0.4 is 27.0 Å². The number of carbonyl (C=O) groups excluding carboxylic acids is 7. The molecule has 2 heterocycles. The average molecular weight is 1200 g/mol. The van der Waals surface area contributed by atoms with Gasteiger partial charge in [-0.2, -0.15) is 0 Å². The molecule has 1 aliphatic carbocycles. The Labute approximate surface area is 500 Å². The molecule has 1 aromatic heterocycles. The van der Waals surface area contributed by atoms with Gasteiger partial charge in [0.25, 0.3) is 0 Å². The number of hydrogen-bond acceptors (Lipinski definition) is 20. The zero-order chi connectivity index (χ0) is 61.7. The number of likely N-dealkylation sites (tertiary alicyclic amines) is 1. The Kier molecular flexibility index (Phi) is 34.5. The highest BCUT2D eigenvalue weighted by molar-refractivity contribution is 6.04. The zero-order valence-electron chi connectivity index (χ0n) is 51.1. The van der Waals surface area contributed by atoms with Gasteiger partial charge in [0.05, 0.1) is 136 Å². The van der Waals surface area contributed by atoms with Gasteiger partial charge >= 0.3 is 5.97 Å². The second kappa shape index (κ2) is 40.8. The number of anilines is 1. The van der Waals surface area contributed by atoms with Gasteiger partial charge in [-0.25, -0.2) is 4.68 Å². The van der Waals surface area contributed by atoms with E-state index in [0.717, 1.165) is 31.2 Å². The molecule has 26 heteroatoms. The molecule has 1 unspecified atom stereocenters. The smallest absolute Gasteiger partial charge is 0.311 e. The van der Waals surface area contributed by atoms with E-state index in [9.17, 15) is 33.6 Å². The molecule has 1 aliphatic heterocycles. The third-order valence-electron chi connectivity index (χ3n) is 13.9. The van der Waals surface area contributed by atoms with Gasteiger partial charge in [-0.15, -0.1) is 5.10 Å². The van der Waals surface area contributed by atoms with E-state index >= 15 is 0 Å². The highest BCUT2D eigenvalue weighted by Crippen LogP contribution is 2.37. The van der Waals surface area contributed by atoms with Crippen molar-refractivity contribution in [3.05, 3.63) is 41.7 Å². The van der Waals surface area contributed by atoms with E-state index in [0.29, 0.717) is 149 Å². The molecule has 1 saturated heterocycles. The summed E-state index contributed by atoms with van der Waals surface area (Å²) >= 11 is 0. The summed E-state index contributed by atoms with van der Waals surface area (Å²) in [5.74, 6) is -1.99. The molecule has 2 atom stereocenters. The quantitative estimate of drug-likeness (QED) is 0.0362. The number of hydrogen-bond donors (Lipinski definition) is 5. The van der Waals surface area contributed by atoms with Crippen molar-refractivity contribution in [3.63, 3.8) is 0 Å². The Morgan fingerprint density at radius 1 is 0.671 bits per heavy atom. The van der Waals surface area contributed by atoms with Crippen molar-refractivity contribution < 1.29 is 80.9 Å². The Bertz CT molecular complexity index is 2270. The number of benzene rings is 1. The monoisotopic (exact) mass is 1200 g/mol. The fourth-order valence-electron chi connectivity index (χ4n) is 8.89. The average Bonchev–Trinajstić information content (AvgIpc) is 3.65. The Hall–Kier alpha value is -5.55. The number of rotatable bonds is 45. The minimum Gasteiger partial charge on any atom is -0.460 e. The van der Waals surface area contributed by atoms with Crippen LogP contribution in [0.1, 0.15) is 104 Å². The maximum atomic E-state index is 13.1. The molecule has 1 saturated carbocycles. The molecule has 0 spiro atoms. The number of nitrogens with zero attached hydrogens (tertiary/aromatic N) is 4. The molecule has 1 aromatic carbocycles. The van der Waals surface area contributed by atoms with Crippen molar-refractivity contribution in [2.75, 3.05) is 144 Å². The number of ether oxygens (including phenoxy) is 10. The highest BCUT2D eigenvalue weighted by Gasteiger charge is 2.45. The molecule has 85 heavy (non-hydrogen) atoms. The first kappa shape index (κ1) is 71.9. The summed E-state index contributed by atoms with van der Waals surface area (Å²) in [6.45, 7) is 19.0. The summed E-state index contributed by atoms with van der Waals surface area (Å²) in [5, 5.41) is 19.4. The van der Waals surface area contributed by atoms with E-state index in [1.807, 2.05) is 20.8 Å². The minimum absolute atomic E-state index is 0.0110. The molecule has 0 radical (unpaired) electrons. The third-order valence-corrected chi connectivity index (χ3v) is 13.9. The lowest BCUT2D eigenvalue weighted by molar-refractivity contribution is -0.154. The highest BCUT2D eigenvalue weighted by atomic mass is 16.6. The summed E-state index contributed by atoms with van der Waals surface area (Å²) in [6, 6.07) is 6.01. The van der Waals surface area contributed by atoms with Gasteiger partial charge in [-0.3, -0.25) is 38.5 Å². The first-order valence-corrected chi connectivity index (χ1v) is 29.9. The second-order valence-corrected chi connectivity index (χ2v) is 23.0. The Morgan fingerprint density at radius 3 is 1.74 bits per heavy atom. The molecule has 2 fully saturated rings. The van der Waals surface area contributed by atoms with Gasteiger partial charge in [0.2, 0.25) is 35.4 Å². The number of esters is 1. The van der Waals surface area contributed by atoms with Crippen LogP contribution in [0.25, 0.3) is 0 Å². The van der Waals surface area contributed by atoms with Crippen molar-refractivity contribution in [3.8, 4) is 0 Å². The van der Waals surface area contributed by atoms with E-state index in [1.165, 1.54) is 4.90 Å². The van der Waals surface area contributed by atoms with Crippen LogP contribution in [-0.4, -0.2) is 206 Å². The van der Waals surface area contributed by atoms with Gasteiger partial charge < -0.3 is 74.4 Å². The molecule has 6 amide bonds. The molecule has 26 nitrogen and oxygen atoms in total. The number of aromatic nitrogens is 3. The minimum atomic E-state index is -0.849. The summed E-state index contributed by atoms with van der Waals surface area (Å²) in [5.41, 5.74) is 6.70. The normalized spacial score (nSPS) is 16.8. The van der Waals surface area contributed by atoms with Crippen LogP contribution in [0.4, 0.5) is 5.69 Å². The van der Waals surface area contributed by atoms with Crippen LogP contribution in [0, 0.1) is 28.6 Å². The first-order valence-electron chi connectivity index (χ1n) is 29.9. The van der Waals surface area contributed by atoms with E-state index in [1.54, 1.807) is 55.9 Å². The number of amides is 6. The van der Waals surface area contributed by atoms with Gasteiger partial charge in [-0.1, -0.05) is 38.1 Å². The summed E-state index contributed by atoms with van der Waals surface area (Å²) in [6.07, 6.45) is 6.78. The number of carbonyl (C=O) groups is 7. The summed E-state index contributed by atoms with van der Waals surface area (Å²) in [7, 11) is 0. The van der Waals surface area contributed by atoms with Crippen LogP contribution in [-0.2, 0) is 101 Å². The molecular formula is C59H97N9O17. The van der Waals surface area contributed by atoms with Crippen LogP contribution in [0.2, 0.25) is 0 Å². The van der Waals surface area contributed by atoms with Crippen molar-refractivity contribution in [1.82, 2.24) is 35.8 Å². The third kappa shape index (κ3) is 30.6. The number of nitrogens with one attached hydrogen (secondary N) is 4. The predicted molar refractivity (Wildman–Crippen MR) is 311 cm³/mol.